The third kappa shape index (κ3) is 1.11. The highest BCUT2D eigenvalue weighted by Gasteiger charge is 2.25. The molecular formula is C8H14N2. The molecule has 1 fully saturated rings. The maximum atomic E-state index is 3.25. The average Bonchev–Trinajstić information content (AvgIpc) is 2.62. The van der Waals surface area contributed by atoms with Crippen molar-refractivity contribution in [2.45, 2.75) is 25.9 Å². The first-order valence-corrected chi connectivity index (χ1v) is 4.05. The van der Waals surface area contributed by atoms with Gasteiger partial charge in [-0.1, -0.05) is 0 Å². The highest BCUT2D eigenvalue weighted by molar-refractivity contribution is 4.94. The molecule has 1 N–H and O–H groups in total. The largest absolute Gasteiger partial charge is 0.370 e. The molecule has 1 aliphatic carbocycles. The first-order chi connectivity index (χ1) is 4.86. The monoisotopic (exact) mass is 138 g/mol. The van der Waals surface area contributed by atoms with E-state index in [1.54, 1.807) is 0 Å². The van der Waals surface area contributed by atoms with E-state index in [1.807, 2.05) is 6.20 Å². The SMILES string of the molecule is CC1NC=CN1CC1CC1. The minimum Gasteiger partial charge on any atom is -0.370 e. The Morgan fingerprint density at radius 1 is 1.60 bits per heavy atom. The van der Waals surface area contributed by atoms with E-state index in [4.69, 9.17) is 0 Å². The van der Waals surface area contributed by atoms with Gasteiger partial charge in [-0.25, -0.2) is 0 Å². The second kappa shape index (κ2) is 2.19. The molecule has 56 valence electrons. The summed E-state index contributed by atoms with van der Waals surface area (Å²) in [6.45, 7) is 3.45. The number of hydrogen-bond donors (Lipinski definition) is 1. The second-order valence-corrected chi connectivity index (χ2v) is 3.30. The van der Waals surface area contributed by atoms with Crippen molar-refractivity contribution < 1.29 is 0 Å². The molecule has 0 aromatic rings. The highest BCUT2D eigenvalue weighted by Crippen LogP contribution is 2.30. The molecule has 1 aliphatic heterocycles. The zero-order valence-electron chi connectivity index (χ0n) is 6.38. The van der Waals surface area contributed by atoms with E-state index < -0.39 is 0 Å². The summed E-state index contributed by atoms with van der Waals surface area (Å²) < 4.78 is 0. The minimum atomic E-state index is 0.528. The van der Waals surface area contributed by atoms with Gasteiger partial charge in [-0.2, -0.15) is 0 Å². The molecule has 1 heterocycles. The Hall–Kier alpha value is -0.660. The van der Waals surface area contributed by atoms with Gasteiger partial charge >= 0.3 is 0 Å². The fraction of sp³-hybridized carbons (Fsp3) is 0.750. The molecule has 2 heteroatoms. The van der Waals surface area contributed by atoms with Crippen molar-refractivity contribution in [1.29, 1.82) is 0 Å². The van der Waals surface area contributed by atoms with E-state index in [2.05, 4.69) is 23.3 Å². The molecule has 2 aliphatic rings. The smallest absolute Gasteiger partial charge is 0.0952 e. The Morgan fingerprint density at radius 3 is 2.90 bits per heavy atom. The molecular weight excluding hydrogens is 124 g/mol. The zero-order chi connectivity index (χ0) is 6.97. The first-order valence-electron chi connectivity index (χ1n) is 4.05. The van der Waals surface area contributed by atoms with Crippen LogP contribution in [0.1, 0.15) is 19.8 Å². The van der Waals surface area contributed by atoms with E-state index in [1.165, 1.54) is 19.4 Å². The van der Waals surface area contributed by atoms with Crippen LogP contribution in [0.4, 0.5) is 0 Å². The van der Waals surface area contributed by atoms with E-state index in [-0.39, 0.29) is 0 Å². The Kier molecular flexibility index (Phi) is 1.33. The normalized spacial score (nSPS) is 30.9. The summed E-state index contributed by atoms with van der Waals surface area (Å²) in [6.07, 6.45) is 7.60. The van der Waals surface area contributed by atoms with Crippen molar-refractivity contribution in [1.82, 2.24) is 10.2 Å². The number of rotatable bonds is 2. The zero-order valence-corrected chi connectivity index (χ0v) is 6.38. The summed E-state index contributed by atoms with van der Waals surface area (Å²) in [7, 11) is 0. The lowest BCUT2D eigenvalue weighted by molar-refractivity contribution is 0.287. The fourth-order valence-electron chi connectivity index (χ4n) is 1.32. The number of hydrogen-bond acceptors (Lipinski definition) is 2. The molecule has 2 nitrogen and oxygen atoms in total. The third-order valence-corrected chi connectivity index (χ3v) is 2.27. The van der Waals surface area contributed by atoms with Gasteiger partial charge in [0.2, 0.25) is 0 Å². The van der Waals surface area contributed by atoms with E-state index in [0.29, 0.717) is 6.17 Å². The summed E-state index contributed by atoms with van der Waals surface area (Å²) >= 11 is 0. The molecule has 1 atom stereocenters. The Morgan fingerprint density at radius 2 is 2.40 bits per heavy atom. The Balaban J connectivity index is 1.84. The van der Waals surface area contributed by atoms with Crippen molar-refractivity contribution in [2.75, 3.05) is 6.54 Å². The number of nitrogens with one attached hydrogen (secondary N) is 1. The molecule has 2 rings (SSSR count). The van der Waals surface area contributed by atoms with Gasteiger partial charge in [-0.05, 0) is 25.7 Å². The summed E-state index contributed by atoms with van der Waals surface area (Å²) in [5.74, 6) is 0.993. The fourth-order valence-corrected chi connectivity index (χ4v) is 1.32. The van der Waals surface area contributed by atoms with E-state index in [0.717, 1.165) is 5.92 Å². The Labute approximate surface area is 61.9 Å². The standard InChI is InChI=1S/C8H14N2/c1-7-9-4-5-10(7)6-8-2-3-8/h4-5,7-9H,2-3,6H2,1H3. The number of nitrogens with zero attached hydrogens (tertiary/aromatic N) is 1. The molecule has 0 aromatic heterocycles. The van der Waals surface area contributed by atoms with Gasteiger partial charge in [-0.15, -0.1) is 0 Å². The molecule has 10 heavy (non-hydrogen) atoms. The molecule has 0 radical (unpaired) electrons. The van der Waals surface area contributed by atoms with Crippen molar-refractivity contribution >= 4 is 0 Å². The van der Waals surface area contributed by atoms with Gasteiger partial charge in [0.1, 0.15) is 0 Å². The topological polar surface area (TPSA) is 15.3 Å². The van der Waals surface area contributed by atoms with Crippen LogP contribution in [0.5, 0.6) is 0 Å². The lowest BCUT2D eigenvalue weighted by Crippen LogP contribution is -2.33. The summed E-state index contributed by atoms with van der Waals surface area (Å²) in [4.78, 5) is 2.37. The van der Waals surface area contributed by atoms with Gasteiger partial charge in [-0.3, -0.25) is 0 Å². The lowest BCUT2D eigenvalue weighted by atomic mass is 10.4. The molecule has 0 spiro atoms. The van der Waals surface area contributed by atoms with Crippen LogP contribution >= 0.6 is 0 Å². The van der Waals surface area contributed by atoms with Crippen LogP contribution in [0.2, 0.25) is 0 Å². The van der Waals surface area contributed by atoms with Gasteiger partial charge < -0.3 is 10.2 Å². The van der Waals surface area contributed by atoms with Crippen LogP contribution in [0.3, 0.4) is 0 Å². The van der Waals surface area contributed by atoms with Crippen molar-refractivity contribution in [2.24, 2.45) is 5.92 Å². The summed E-state index contributed by atoms with van der Waals surface area (Å²) in [5.41, 5.74) is 0. The van der Waals surface area contributed by atoms with Gasteiger partial charge in [0, 0.05) is 18.9 Å². The predicted octanol–water partition coefficient (Wildman–Crippen LogP) is 1.12. The van der Waals surface area contributed by atoms with Crippen LogP contribution in [-0.4, -0.2) is 17.6 Å². The predicted molar refractivity (Wildman–Crippen MR) is 41.2 cm³/mol. The van der Waals surface area contributed by atoms with Gasteiger partial charge in [0.05, 0.1) is 6.17 Å². The van der Waals surface area contributed by atoms with Crippen molar-refractivity contribution in [3.05, 3.63) is 12.4 Å². The van der Waals surface area contributed by atoms with Crippen LogP contribution < -0.4 is 5.32 Å². The van der Waals surface area contributed by atoms with Crippen LogP contribution in [0, 0.1) is 5.92 Å². The van der Waals surface area contributed by atoms with Gasteiger partial charge in [0.25, 0.3) is 0 Å². The maximum absolute atomic E-state index is 3.25. The molecule has 0 amide bonds. The molecule has 0 aromatic carbocycles. The highest BCUT2D eigenvalue weighted by atomic mass is 15.3. The Bertz CT molecular complexity index is 149. The molecule has 0 bridgehead atoms. The molecule has 0 saturated heterocycles. The van der Waals surface area contributed by atoms with Crippen molar-refractivity contribution in [3.63, 3.8) is 0 Å². The van der Waals surface area contributed by atoms with Crippen molar-refractivity contribution in [3.8, 4) is 0 Å². The summed E-state index contributed by atoms with van der Waals surface area (Å²) in [5, 5.41) is 3.25. The van der Waals surface area contributed by atoms with Crippen LogP contribution in [-0.2, 0) is 0 Å². The average molecular weight is 138 g/mol. The summed E-state index contributed by atoms with van der Waals surface area (Å²) in [6, 6.07) is 0. The van der Waals surface area contributed by atoms with Crippen LogP contribution in [0.25, 0.3) is 0 Å². The van der Waals surface area contributed by atoms with E-state index in [9.17, 15) is 0 Å². The quantitative estimate of drug-likeness (QED) is 0.615. The maximum Gasteiger partial charge on any atom is 0.0952 e. The molecule has 1 unspecified atom stereocenters. The first kappa shape index (κ1) is 6.08. The van der Waals surface area contributed by atoms with E-state index >= 15 is 0 Å². The van der Waals surface area contributed by atoms with Gasteiger partial charge in [0.15, 0.2) is 0 Å². The van der Waals surface area contributed by atoms with Crippen LogP contribution in [0.15, 0.2) is 12.4 Å². The third-order valence-electron chi connectivity index (χ3n) is 2.27. The molecule has 1 saturated carbocycles. The lowest BCUT2D eigenvalue weighted by Gasteiger charge is -2.21. The second-order valence-electron chi connectivity index (χ2n) is 3.30. The minimum absolute atomic E-state index is 0.528.